The number of aliphatic hydroxyl groups excluding tert-OH is 1. The Morgan fingerprint density at radius 1 is 1.33 bits per heavy atom. The number of halogens is 1. The van der Waals surface area contributed by atoms with Crippen molar-refractivity contribution in [2.75, 3.05) is 42.3 Å². The highest BCUT2D eigenvalue weighted by atomic mass is 79.9. The van der Waals surface area contributed by atoms with E-state index >= 15 is 0 Å². The van der Waals surface area contributed by atoms with E-state index in [2.05, 4.69) is 41.1 Å². The Bertz CT molecular complexity index is 698. The normalized spacial score (nSPS) is 20.2. The fraction of sp³-hybridized carbons (Fsp3) is 0.438. The predicted molar refractivity (Wildman–Crippen MR) is 98.5 cm³/mol. The minimum atomic E-state index is -0.352. The van der Waals surface area contributed by atoms with Crippen LogP contribution in [-0.2, 0) is 0 Å². The largest absolute Gasteiger partial charge is 0.391 e. The monoisotopic (exact) mass is 392 g/mol. The van der Waals surface area contributed by atoms with Gasteiger partial charge in [-0.3, -0.25) is 4.98 Å². The summed E-state index contributed by atoms with van der Waals surface area (Å²) in [5, 5.41) is 13.5. The maximum atomic E-state index is 10.1. The molecule has 0 saturated carbocycles. The van der Waals surface area contributed by atoms with Crippen LogP contribution in [0.3, 0.4) is 0 Å². The molecule has 2 N–H and O–H groups in total. The molecule has 8 heteroatoms. The van der Waals surface area contributed by atoms with Crippen LogP contribution in [0.15, 0.2) is 35.3 Å². The lowest BCUT2D eigenvalue weighted by Crippen LogP contribution is -2.35. The molecular formula is C16H21BrN6O. The van der Waals surface area contributed by atoms with Crippen molar-refractivity contribution in [1.29, 1.82) is 0 Å². The lowest BCUT2D eigenvalue weighted by molar-refractivity contribution is 0.194. The van der Waals surface area contributed by atoms with Crippen molar-refractivity contribution < 1.29 is 5.11 Å². The SMILES string of the molecule is CN(C)c1cc(N2C[C@H](O)C[C@@H]2CNc2cncc(Br)c2)ncn1. The zero-order valence-corrected chi connectivity index (χ0v) is 15.3. The van der Waals surface area contributed by atoms with Crippen LogP contribution < -0.4 is 15.1 Å². The molecule has 128 valence electrons. The summed E-state index contributed by atoms with van der Waals surface area (Å²) in [5.74, 6) is 1.69. The van der Waals surface area contributed by atoms with Crippen LogP contribution in [0.1, 0.15) is 6.42 Å². The van der Waals surface area contributed by atoms with E-state index in [1.165, 1.54) is 0 Å². The molecule has 3 heterocycles. The number of nitrogens with zero attached hydrogens (tertiary/aromatic N) is 5. The smallest absolute Gasteiger partial charge is 0.134 e. The van der Waals surface area contributed by atoms with E-state index < -0.39 is 0 Å². The number of aromatic nitrogens is 3. The van der Waals surface area contributed by atoms with Crippen molar-refractivity contribution in [1.82, 2.24) is 15.0 Å². The number of β-amino-alcohol motifs (C(OH)–C–C–N with tert-alkyl or cyclic N) is 1. The molecule has 0 aliphatic carbocycles. The molecule has 1 fully saturated rings. The number of aliphatic hydroxyl groups is 1. The summed E-state index contributed by atoms with van der Waals surface area (Å²) in [7, 11) is 3.90. The Kier molecular flexibility index (Phi) is 5.15. The van der Waals surface area contributed by atoms with Gasteiger partial charge in [-0.05, 0) is 28.4 Å². The van der Waals surface area contributed by atoms with Crippen molar-refractivity contribution >= 4 is 33.3 Å². The van der Waals surface area contributed by atoms with E-state index in [1.807, 2.05) is 31.1 Å². The quantitative estimate of drug-likeness (QED) is 0.802. The molecule has 1 aliphatic rings. The fourth-order valence-electron chi connectivity index (χ4n) is 2.85. The van der Waals surface area contributed by atoms with Gasteiger partial charge >= 0.3 is 0 Å². The van der Waals surface area contributed by atoms with Gasteiger partial charge in [0.05, 0.1) is 24.0 Å². The van der Waals surface area contributed by atoms with Gasteiger partial charge in [0.2, 0.25) is 0 Å². The molecule has 7 nitrogen and oxygen atoms in total. The van der Waals surface area contributed by atoms with Crippen molar-refractivity contribution in [2.45, 2.75) is 18.6 Å². The number of pyridine rings is 1. The molecule has 24 heavy (non-hydrogen) atoms. The first-order valence-electron chi connectivity index (χ1n) is 7.81. The highest BCUT2D eigenvalue weighted by Gasteiger charge is 2.32. The van der Waals surface area contributed by atoms with Gasteiger partial charge in [0, 0.05) is 43.9 Å². The third-order valence-corrected chi connectivity index (χ3v) is 4.46. The zero-order chi connectivity index (χ0) is 17.1. The second-order valence-corrected chi connectivity index (χ2v) is 7.01. The average Bonchev–Trinajstić information content (AvgIpc) is 2.94. The summed E-state index contributed by atoms with van der Waals surface area (Å²) in [6.07, 6.45) is 5.46. The third-order valence-electron chi connectivity index (χ3n) is 4.03. The highest BCUT2D eigenvalue weighted by Crippen LogP contribution is 2.26. The fourth-order valence-corrected chi connectivity index (χ4v) is 3.21. The van der Waals surface area contributed by atoms with Gasteiger partial charge < -0.3 is 20.2 Å². The minimum Gasteiger partial charge on any atom is -0.391 e. The van der Waals surface area contributed by atoms with Crippen molar-refractivity contribution in [3.05, 3.63) is 35.3 Å². The number of hydrogen-bond donors (Lipinski definition) is 2. The second-order valence-electron chi connectivity index (χ2n) is 6.10. The van der Waals surface area contributed by atoms with Gasteiger partial charge in [0.1, 0.15) is 18.0 Å². The molecular weight excluding hydrogens is 372 g/mol. The standard InChI is InChI=1S/C16H21BrN6O/c1-22(2)15-5-16(21-10-20-15)23-9-14(24)4-13(23)8-19-12-3-11(17)6-18-7-12/h3,5-7,10,13-14,19,24H,4,8-9H2,1-2H3/t13-,14-/m1/s1. The van der Waals surface area contributed by atoms with E-state index in [1.54, 1.807) is 18.7 Å². The predicted octanol–water partition coefficient (Wildman–Crippen LogP) is 1.75. The van der Waals surface area contributed by atoms with E-state index in [4.69, 9.17) is 0 Å². The van der Waals surface area contributed by atoms with Gasteiger partial charge in [0.25, 0.3) is 0 Å². The lowest BCUT2D eigenvalue weighted by atomic mass is 10.2. The van der Waals surface area contributed by atoms with Crippen LogP contribution in [0, 0.1) is 0 Å². The highest BCUT2D eigenvalue weighted by molar-refractivity contribution is 9.10. The molecule has 3 rings (SSSR count). The molecule has 2 atom stereocenters. The molecule has 2 aromatic heterocycles. The summed E-state index contributed by atoms with van der Waals surface area (Å²) in [6, 6.07) is 4.09. The van der Waals surface area contributed by atoms with Gasteiger partial charge in [0.15, 0.2) is 0 Å². The zero-order valence-electron chi connectivity index (χ0n) is 13.7. The second kappa shape index (κ2) is 7.31. The van der Waals surface area contributed by atoms with Gasteiger partial charge in [-0.25, -0.2) is 9.97 Å². The van der Waals surface area contributed by atoms with Gasteiger partial charge in [-0.15, -0.1) is 0 Å². The van der Waals surface area contributed by atoms with E-state index in [0.29, 0.717) is 19.5 Å². The van der Waals surface area contributed by atoms with Gasteiger partial charge in [-0.2, -0.15) is 0 Å². The lowest BCUT2D eigenvalue weighted by Gasteiger charge is -2.26. The molecule has 0 amide bonds. The minimum absolute atomic E-state index is 0.156. The Labute approximate surface area is 149 Å². The molecule has 1 saturated heterocycles. The third kappa shape index (κ3) is 3.93. The number of nitrogens with one attached hydrogen (secondary N) is 1. The van der Waals surface area contributed by atoms with Crippen molar-refractivity contribution in [2.24, 2.45) is 0 Å². The summed E-state index contributed by atoms with van der Waals surface area (Å²) in [6.45, 7) is 1.28. The molecule has 0 spiro atoms. The average molecular weight is 393 g/mol. The van der Waals surface area contributed by atoms with Crippen molar-refractivity contribution in [3.63, 3.8) is 0 Å². The Hall–Kier alpha value is -1.93. The summed E-state index contributed by atoms with van der Waals surface area (Å²) < 4.78 is 0.933. The first-order chi connectivity index (χ1) is 11.5. The number of anilines is 3. The van der Waals surface area contributed by atoms with E-state index in [-0.39, 0.29) is 12.1 Å². The molecule has 0 aromatic carbocycles. The van der Waals surface area contributed by atoms with Crippen LogP contribution >= 0.6 is 15.9 Å². The Morgan fingerprint density at radius 3 is 2.92 bits per heavy atom. The van der Waals surface area contributed by atoms with Crippen LogP contribution in [0.25, 0.3) is 0 Å². The molecule has 0 bridgehead atoms. The summed E-state index contributed by atoms with van der Waals surface area (Å²) in [4.78, 5) is 16.9. The van der Waals surface area contributed by atoms with Crippen LogP contribution in [-0.4, -0.2) is 59.4 Å². The first-order valence-corrected chi connectivity index (χ1v) is 8.60. The van der Waals surface area contributed by atoms with E-state index in [0.717, 1.165) is 21.8 Å². The first kappa shape index (κ1) is 16.9. The van der Waals surface area contributed by atoms with Crippen LogP contribution in [0.5, 0.6) is 0 Å². The molecule has 0 unspecified atom stereocenters. The summed E-state index contributed by atoms with van der Waals surface area (Å²) in [5.41, 5.74) is 0.947. The molecule has 1 aliphatic heterocycles. The maximum Gasteiger partial charge on any atom is 0.134 e. The van der Waals surface area contributed by atoms with Crippen LogP contribution in [0.4, 0.5) is 17.3 Å². The number of hydrogen-bond acceptors (Lipinski definition) is 7. The Morgan fingerprint density at radius 2 is 2.17 bits per heavy atom. The Balaban J connectivity index is 1.73. The van der Waals surface area contributed by atoms with Crippen molar-refractivity contribution in [3.8, 4) is 0 Å². The van der Waals surface area contributed by atoms with E-state index in [9.17, 15) is 5.11 Å². The van der Waals surface area contributed by atoms with Crippen LogP contribution in [0.2, 0.25) is 0 Å². The molecule has 2 aromatic rings. The summed E-state index contributed by atoms with van der Waals surface area (Å²) >= 11 is 3.42. The topological polar surface area (TPSA) is 77.4 Å². The maximum absolute atomic E-state index is 10.1. The van der Waals surface area contributed by atoms with Gasteiger partial charge in [-0.1, -0.05) is 0 Å². The number of rotatable bonds is 5. The molecule has 0 radical (unpaired) electrons.